The summed E-state index contributed by atoms with van der Waals surface area (Å²) in [6, 6.07) is 7.30. The predicted molar refractivity (Wildman–Crippen MR) is 81.3 cm³/mol. The van der Waals surface area contributed by atoms with E-state index in [1.54, 1.807) is 0 Å². The molecule has 0 spiro atoms. The summed E-state index contributed by atoms with van der Waals surface area (Å²) in [4.78, 5) is 2.33. The van der Waals surface area contributed by atoms with Gasteiger partial charge < -0.3 is 10.2 Å². The minimum absolute atomic E-state index is 0.535. The number of hydrogen-bond donors (Lipinski definition) is 1. The molecule has 0 aliphatic heterocycles. The highest BCUT2D eigenvalue weighted by Gasteiger charge is 2.06. The van der Waals surface area contributed by atoms with Gasteiger partial charge >= 0.3 is 0 Å². The van der Waals surface area contributed by atoms with E-state index >= 15 is 0 Å². The standard InChI is InChI=1S/C16H28N2/c1-12(2)11-18(6)16-8-7-15(14(5)9-16)10-17-13(3)4/h7-9,12-13,17H,10-11H2,1-6H3. The lowest BCUT2D eigenvalue weighted by Gasteiger charge is -2.22. The van der Waals surface area contributed by atoms with Gasteiger partial charge in [-0.25, -0.2) is 0 Å². The van der Waals surface area contributed by atoms with Gasteiger partial charge in [0, 0.05) is 31.9 Å². The molecule has 0 fully saturated rings. The van der Waals surface area contributed by atoms with E-state index in [0.717, 1.165) is 13.1 Å². The van der Waals surface area contributed by atoms with E-state index in [9.17, 15) is 0 Å². The zero-order valence-corrected chi connectivity index (χ0v) is 12.7. The van der Waals surface area contributed by atoms with Gasteiger partial charge in [-0.15, -0.1) is 0 Å². The van der Waals surface area contributed by atoms with E-state index < -0.39 is 0 Å². The highest BCUT2D eigenvalue weighted by Crippen LogP contribution is 2.19. The molecule has 0 bridgehead atoms. The van der Waals surface area contributed by atoms with Gasteiger partial charge in [0.2, 0.25) is 0 Å². The molecule has 0 aliphatic carbocycles. The molecule has 1 N–H and O–H groups in total. The maximum absolute atomic E-state index is 3.47. The highest BCUT2D eigenvalue weighted by atomic mass is 15.1. The summed E-state index contributed by atoms with van der Waals surface area (Å²) in [6.45, 7) is 13.1. The maximum Gasteiger partial charge on any atom is 0.0366 e. The van der Waals surface area contributed by atoms with Crippen molar-refractivity contribution >= 4 is 5.69 Å². The van der Waals surface area contributed by atoms with Crippen LogP contribution in [0, 0.1) is 12.8 Å². The summed E-state index contributed by atoms with van der Waals surface area (Å²) in [7, 11) is 2.17. The lowest BCUT2D eigenvalue weighted by Crippen LogP contribution is -2.24. The molecular formula is C16H28N2. The van der Waals surface area contributed by atoms with Crippen molar-refractivity contribution in [3.05, 3.63) is 29.3 Å². The second-order valence-corrected chi connectivity index (χ2v) is 5.92. The molecule has 2 nitrogen and oxygen atoms in total. The second-order valence-electron chi connectivity index (χ2n) is 5.92. The first kappa shape index (κ1) is 15.0. The Kier molecular flexibility index (Phi) is 5.67. The van der Waals surface area contributed by atoms with Crippen LogP contribution in [0.3, 0.4) is 0 Å². The summed E-state index contributed by atoms with van der Waals surface area (Å²) in [6.07, 6.45) is 0. The Bertz CT molecular complexity index is 369. The molecule has 0 aliphatic rings. The third kappa shape index (κ3) is 4.69. The number of hydrogen-bond acceptors (Lipinski definition) is 2. The number of nitrogens with zero attached hydrogens (tertiary/aromatic N) is 1. The maximum atomic E-state index is 3.47. The van der Waals surface area contributed by atoms with Crippen LogP contribution in [0.4, 0.5) is 5.69 Å². The van der Waals surface area contributed by atoms with Crippen molar-refractivity contribution in [3.8, 4) is 0 Å². The topological polar surface area (TPSA) is 15.3 Å². The largest absolute Gasteiger partial charge is 0.374 e. The first-order chi connectivity index (χ1) is 8.40. The lowest BCUT2D eigenvalue weighted by atomic mass is 10.1. The van der Waals surface area contributed by atoms with E-state index in [4.69, 9.17) is 0 Å². The summed E-state index contributed by atoms with van der Waals surface area (Å²) >= 11 is 0. The quantitative estimate of drug-likeness (QED) is 0.827. The smallest absolute Gasteiger partial charge is 0.0366 e. The first-order valence-electron chi connectivity index (χ1n) is 6.94. The van der Waals surface area contributed by atoms with E-state index in [1.807, 2.05) is 0 Å². The molecule has 0 amide bonds. The fourth-order valence-corrected chi connectivity index (χ4v) is 2.08. The Hall–Kier alpha value is -1.02. The van der Waals surface area contributed by atoms with Crippen LogP contribution < -0.4 is 10.2 Å². The second kappa shape index (κ2) is 6.79. The summed E-state index contributed by atoms with van der Waals surface area (Å²) in [5.74, 6) is 0.692. The normalized spacial score (nSPS) is 11.3. The number of rotatable bonds is 6. The zero-order valence-electron chi connectivity index (χ0n) is 12.7. The van der Waals surface area contributed by atoms with Crippen LogP contribution >= 0.6 is 0 Å². The molecule has 1 aromatic rings. The van der Waals surface area contributed by atoms with Crippen LogP contribution in [-0.4, -0.2) is 19.6 Å². The van der Waals surface area contributed by atoms with E-state index in [2.05, 4.69) is 70.1 Å². The summed E-state index contributed by atoms with van der Waals surface area (Å²) in [5, 5.41) is 3.47. The Labute approximate surface area is 112 Å². The summed E-state index contributed by atoms with van der Waals surface area (Å²) < 4.78 is 0. The van der Waals surface area contributed by atoms with E-state index in [0.29, 0.717) is 12.0 Å². The molecule has 1 rings (SSSR count). The Balaban J connectivity index is 2.72. The van der Waals surface area contributed by atoms with Gasteiger partial charge in [0.1, 0.15) is 0 Å². The molecular weight excluding hydrogens is 220 g/mol. The molecule has 18 heavy (non-hydrogen) atoms. The number of benzene rings is 1. The van der Waals surface area contributed by atoms with Crippen LogP contribution in [0.2, 0.25) is 0 Å². The molecule has 0 saturated heterocycles. The van der Waals surface area contributed by atoms with Gasteiger partial charge in [0.05, 0.1) is 0 Å². The Morgan fingerprint density at radius 3 is 2.33 bits per heavy atom. The van der Waals surface area contributed by atoms with Gasteiger partial charge in [0.25, 0.3) is 0 Å². The van der Waals surface area contributed by atoms with Crippen LogP contribution in [0.1, 0.15) is 38.8 Å². The molecule has 0 aromatic heterocycles. The van der Waals surface area contributed by atoms with E-state index in [-0.39, 0.29) is 0 Å². The lowest BCUT2D eigenvalue weighted by molar-refractivity contribution is 0.587. The van der Waals surface area contributed by atoms with Crippen molar-refractivity contribution in [2.45, 2.75) is 47.2 Å². The number of nitrogens with one attached hydrogen (secondary N) is 1. The van der Waals surface area contributed by atoms with Gasteiger partial charge in [-0.3, -0.25) is 0 Å². The van der Waals surface area contributed by atoms with Crippen molar-refractivity contribution in [2.24, 2.45) is 5.92 Å². The van der Waals surface area contributed by atoms with Crippen molar-refractivity contribution in [2.75, 3.05) is 18.5 Å². The molecule has 102 valence electrons. The van der Waals surface area contributed by atoms with Crippen LogP contribution in [0.5, 0.6) is 0 Å². The minimum Gasteiger partial charge on any atom is -0.374 e. The zero-order chi connectivity index (χ0) is 13.7. The Morgan fingerprint density at radius 1 is 1.17 bits per heavy atom. The third-order valence-corrected chi connectivity index (χ3v) is 3.11. The molecule has 1 aromatic carbocycles. The van der Waals surface area contributed by atoms with Crippen LogP contribution in [-0.2, 0) is 6.54 Å². The predicted octanol–water partition coefficient (Wildman–Crippen LogP) is 3.59. The molecule has 2 heteroatoms. The molecule has 0 saturated carbocycles. The van der Waals surface area contributed by atoms with E-state index in [1.165, 1.54) is 16.8 Å². The molecule has 0 unspecified atom stereocenters. The third-order valence-electron chi connectivity index (χ3n) is 3.11. The monoisotopic (exact) mass is 248 g/mol. The fourth-order valence-electron chi connectivity index (χ4n) is 2.08. The number of aryl methyl sites for hydroxylation is 1. The van der Waals surface area contributed by atoms with Crippen molar-refractivity contribution in [3.63, 3.8) is 0 Å². The average Bonchev–Trinajstić information content (AvgIpc) is 2.26. The SMILES string of the molecule is Cc1cc(N(C)CC(C)C)ccc1CNC(C)C. The van der Waals surface area contributed by atoms with Crippen LogP contribution in [0.25, 0.3) is 0 Å². The van der Waals surface area contributed by atoms with Gasteiger partial charge in [-0.05, 0) is 36.1 Å². The summed E-state index contributed by atoms with van der Waals surface area (Å²) in [5.41, 5.74) is 4.08. The van der Waals surface area contributed by atoms with Gasteiger partial charge in [0.15, 0.2) is 0 Å². The van der Waals surface area contributed by atoms with Gasteiger partial charge in [-0.2, -0.15) is 0 Å². The van der Waals surface area contributed by atoms with Crippen molar-refractivity contribution < 1.29 is 0 Å². The average molecular weight is 248 g/mol. The first-order valence-corrected chi connectivity index (χ1v) is 6.94. The molecule has 0 atom stereocenters. The van der Waals surface area contributed by atoms with Crippen LogP contribution in [0.15, 0.2) is 18.2 Å². The van der Waals surface area contributed by atoms with Crippen molar-refractivity contribution in [1.29, 1.82) is 0 Å². The fraction of sp³-hybridized carbons (Fsp3) is 0.625. The minimum atomic E-state index is 0.535. The van der Waals surface area contributed by atoms with Gasteiger partial charge in [-0.1, -0.05) is 33.8 Å². The highest BCUT2D eigenvalue weighted by molar-refractivity contribution is 5.50. The number of anilines is 1. The Morgan fingerprint density at radius 2 is 1.83 bits per heavy atom. The molecule has 0 radical (unpaired) electrons. The molecule has 0 heterocycles. The van der Waals surface area contributed by atoms with Crippen molar-refractivity contribution in [1.82, 2.24) is 5.32 Å².